The smallest absolute Gasteiger partial charge is 0.358 e. The molecule has 6 nitrogen and oxygen atoms in total. The minimum atomic E-state index is -7.81. The van der Waals surface area contributed by atoms with Crippen LogP contribution >= 0.6 is 27.5 Å². The molecule has 37 heavy (non-hydrogen) atoms. The molecule has 0 radical (unpaired) electrons. The summed E-state index contributed by atoms with van der Waals surface area (Å²) in [6, 6.07) is 1.93. The normalized spacial score (nSPS) is 14.5. The molecule has 1 unspecified atom stereocenters. The Kier molecular flexibility index (Phi) is 8.53. The van der Waals surface area contributed by atoms with Gasteiger partial charge in [-0.25, -0.2) is 23.7 Å². The van der Waals surface area contributed by atoms with E-state index in [4.69, 9.17) is 11.6 Å². The summed E-state index contributed by atoms with van der Waals surface area (Å²) >= 11 is 8.25. The Bertz CT molecular complexity index is 1100. The lowest BCUT2D eigenvalue weighted by atomic mass is 9.93. The Labute approximate surface area is 210 Å². The van der Waals surface area contributed by atoms with E-state index >= 15 is 0 Å². The number of halogens is 14. The Morgan fingerprint density at radius 2 is 1.32 bits per heavy atom. The summed E-state index contributed by atoms with van der Waals surface area (Å²) in [5, 5.41) is 1.90. The number of anilines is 1. The average Bonchev–Trinajstić information content (AvgIpc) is 2.79. The van der Waals surface area contributed by atoms with Crippen molar-refractivity contribution < 1.29 is 57.5 Å². The molecule has 0 aliphatic carbocycles. The van der Waals surface area contributed by atoms with Crippen molar-refractivity contribution in [2.45, 2.75) is 42.2 Å². The summed E-state index contributed by atoms with van der Waals surface area (Å²) in [4.78, 5) is 22.2. The summed E-state index contributed by atoms with van der Waals surface area (Å²) in [6.07, 6.45) is -7.54. The highest BCUT2D eigenvalue weighted by molar-refractivity contribution is 9.10. The van der Waals surface area contributed by atoms with Crippen molar-refractivity contribution in [1.82, 2.24) is 20.3 Å². The fraction of sp³-hybridized carbons (Fsp3) is 0.412. The number of carbonyl (C=O) groups is 1. The zero-order valence-corrected chi connectivity index (χ0v) is 19.4. The standard InChI is InChI=1S/C17H9BrClF12N5O/c18-6-1-2-8(32-3-6)9(37)36-11(35-7-4-33-12(19)34-5-7)14(24,25)16(28,29)17(30,31)15(26,27)13(22,23)10(20)21/h1-5,10-11,35H,(H,36,37). The van der Waals surface area contributed by atoms with E-state index < -0.39 is 64.8 Å². The van der Waals surface area contributed by atoms with Gasteiger partial charge < -0.3 is 10.6 Å². The second-order valence-electron chi connectivity index (χ2n) is 6.92. The topological polar surface area (TPSA) is 79.8 Å². The summed E-state index contributed by atoms with van der Waals surface area (Å²) in [5.74, 6) is -38.6. The van der Waals surface area contributed by atoms with Gasteiger partial charge in [-0.05, 0) is 39.7 Å². The summed E-state index contributed by atoms with van der Waals surface area (Å²) in [5.41, 5.74) is -1.63. The first-order valence-corrected chi connectivity index (χ1v) is 10.2. The number of pyridine rings is 1. The minimum absolute atomic E-state index is 0.232. The van der Waals surface area contributed by atoms with Gasteiger partial charge in [-0.1, -0.05) is 0 Å². The lowest BCUT2D eigenvalue weighted by molar-refractivity contribution is -0.414. The van der Waals surface area contributed by atoms with Crippen LogP contribution in [0.2, 0.25) is 5.28 Å². The largest absolute Gasteiger partial charge is 0.384 e. The van der Waals surface area contributed by atoms with Crippen molar-refractivity contribution >= 4 is 39.1 Å². The van der Waals surface area contributed by atoms with Crippen LogP contribution < -0.4 is 10.6 Å². The molecule has 0 spiro atoms. The number of amides is 1. The number of alkyl halides is 12. The van der Waals surface area contributed by atoms with E-state index in [0.717, 1.165) is 23.6 Å². The van der Waals surface area contributed by atoms with Gasteiger partial charge in [0.25, 0.3) is 5.91 Å². The van der Waals surface area contributed by atoms with Crippen molar-refractivity contribution in [2.75, 3.05) is 5.32 Å². The molecule has 0 fully saturated rings. The van der Waals surface area contributed by atoms with Crippen LogP contribution in [0.4, 0.5) is 58.4 Å². The molecular formula is C17H9BrClF12N5O. The lowest BCUT2D eigenvalue weighted by Gasteiger charge is -2.41. The van der Waals surface area contributed by atoms with Gasteiger partial charge in [0.05, 0.1) is 18.1 Å². The van der Waals surface area contributed by atoms with Crippen LogP contribution in [-0.2, 0) is 0 Å². The van der Waals surface area contributed by atoms with E-state index in [0.29, 0.717) is 12.4 Å². The second-order valence-corrected chi connectivity index (χ2v) is 8.18. The predicted molar refractivity (Wildman–Crippen MR) is 105 cm³/mol. The second kappa shape index (κ2) is 10.3. The van der Waals surface area contributed by atoms with E-state index in [9.17, 15) is 57.5 Å². The molecule has 2 aromatic heterocycles. The molecule has 2 aromatic rings. The zero-order chi connectivity index (χ0) is 28.6. The first-order chi connectivity index (χ1) is 16.7. The fourth-order valence-electron chi connectivity index (χ4n) is 2.42. The molecule has 1 amide bonds. The van der Waals surface area contributed by atoms with E-state index in [-0.39, 0.29) is 4.47 Å². The van der Waals surface area contributed by atoms with Gasteiger partial charge in [-0.15, -0.1) is 0 Å². The van der Waals surface area contributed by atoms with Gasteiger partial charge in [0.1, 0.15) is 5.69 Å². The van der Waals surface area contributed by atoms with Crippen molar-refractivity contribution in [3.05, 3.63) is 46.2 Å². The summed E-state index contributed by atoms with van der Waals surface area (Å²) in [6.45, 7) is 0. The maximum Gasteiger partial charge on any atom is 0.384 e. The number of rotatable bonds is 10. The lowest BCUT2D eigenvalue weighted by Crippen LogP contribution is -2.72. The molecule has 1 atom stereocenters. The SMILES string of the molecule is O=C(NC(Nc1cnc(Cl)nc1)C(F)(F)C(F)(F)C(F)(F)C(F)(F)C(F)(F)C(F)F)c1ccc(Br)cn1. The number of nitrogens with one attached hydrogen (secondary N) is 2. The Hall–Kier alpha value is -2.57. The van der Waals surface area contributed by atoms with Crippen LogP contribution in [0.25, 0.3) is 0 Å². The molecule has 0 aliphatic heterocycles. The van der Waals surface area contributed by atoms with Crippen molar-refractivity contribution in [1.29, 1.82) is 0 Å². The first kappa shape index (κ1) is 30.7. The summed E-state index contributed by atoms with van der Waals surface area (Å²) < 4.78 is 165. The van der Waals surface area contributed by atoms with Gasteiger partial charge in [-0.3, -0.25) is 4.79 Å². The molecule has 20 heteroatoms. The minimum Gasteiger partial charge on any atom is -0.358 e. The monoisotopic (exact) mass is 641 g/mol. The molecule has 2 heterocycles. The van der Waals surface area contributed by atoms with Gasteiger partial charge in [-0.2, -0.15) is 43.9 Å². The number of hydrogen-bond acceptors (Lipinski definition) is 5. The van der Waals surface area contributed by atoms with Crippen LogP contribution in [-0.4, -0.2) is 63.1 Å². The number of hydrogen-bond donors (Lipinski definition) is 2. The van der Waals surface area contributed by atoms with Crippen LogP contribution in [0, 0.1) is 0 Å². The molecule has 0 aliphatic rings. The highest BCUT2D eigenvalue weighted by atomic mass is 79.9. The van der Waals surface area contributed by atoms with Gasteiger partial charge in [0.15, 0.2) is 6.17 Å². The average molecular weight is 643 g/mol. The van der Waals surface area contributed by atoms with Crippen LogP contribution in [0.5, 0.6) is 0 Å². The van der Waals surface area contributed by atoms with Crippen LogP contribution in [0.3, 0.4) is 0 Å². The Morgan fingerprint density at radius 1 is 0.811 bits per heavy atom. The predicted octanol–water partition coefficient (Wildman–Crippen LogP) is 5.90. The molecule has 206 valence electrons. The molecule has 0 bridgehead atoms. The van der Waals surface area contributed by atoms with E-state index in [2.05, 4.69) is 30.9 Å². The van der Waals surface area contributed by atoms with E-state index in [1.54, 1.807) is 0 Å². The third-order valence-electron chi connectivity index (χ3n) is 4.43. The van der Waals surface area contributed by atoms with Crippen molar-refractivity contribution in [2.24, 2.45) is 0 Å². The highest BCUT2D eigenvalue weighted by Crippen LogP contribution is 2.58. The van der Waals surface area contributed by atoms with Crippen molar-refractivity contribution in [3.63, 3.8) is 0 Å². The van der Waals surface area contributed by atoms with Gasteiger partial charge >= 0.3 is 36.0 Å². The molecule has 2 N–H and O–H groups in total. The molecule has 0 saturated heterocycles. The van der Waals surface area contributed by atoms with Gasteiger partial charge in [0, 0.05) is 10.7 Å². The number of aromatic nitrogens is 3. The maximum atomic E-state index is 14.8. The number of nitrogens with zero attached hydrogens (tertiary/aromatic N) is 3. The number of carbonyl (C=O) groups excluding carboxylic acids is 1. The summed E-state index contributed by atoms with van der Waals surface area (Å²) in [7, 11) is 0. The third kappa shape index (κ3) is 5.51. The van der Waals surface area contributed by atoms with Crippen LogP contribution in [0.1, 0.15) is 10.5 Å². The highest BCUT2D eigenvalue weighted by Gasteiger charge is 2.88. The molecular weight excluding hydrogens is 634 g/mol. The van der Waals surface area contributed by atoms with Crippen LogP contribution in [0.15, 0.2) is 35.2 Å². The first-order valence-electron chi connectivity index (χ1n) is 9.04. The molecule has 0 saturated carbocycles. The quantitative estimate of drug-likeness (QED) is 0.192. The van der Waals surface area contributed by atoms with E-state index in [1.807, 2.05) is 0 Å². The molecule has 2 rings (SSSR count). The molecule has 0 aromatic carbocycles. The van der Waals surface area contributed by atoms with Gasteiger partial charge in [0.2, 0.25) is 5.28 Å². The van der Waals surface area contributed by atoms with E-state index in [1.165, 1.54) is 5.32 Å². The van der Waals surface area contributed by atoms with Crippen molar-refractivity contribution in [3.8, 4) is 0 Å². The fourth-order valence-corrected chi connectivity index (χ4v) is 2.75. The Morgan fingerprint density at radius 3 is 1.78 bits per heavy atom. The maximum absolute atomic E-state index is 14.8. The third-order valence-corrected chi connectivity index (χ3v) is 5.09. The Balaban J connectivity index is 2.58. The zero-order valence-electron chi connectivity index (χ0n) is 17.1.